The fourth-order valence-corrected chi connectivity index (χ4v) is 5.63. The van der Waals surface area contributed by atoms with E-state index in [2.05, 4.69) is 5.32 Å². The van der Waals surface area contributed by atoms with Gasteiger partial charge in [0, 0.05) is 32.1 Å². The summed E-state index contributed by atoms with van der Waals surface area (Å²) in [6.45, 7) is 5.50. The molecule has 1 aliphatic carbocycles. The molecule has 2 saturated heterocycles. The highest BCUT2D eigenvalue weighted by molar-refractivity contribution is 7.89. The molecule has 26 heavy (non-hydrogen) atoms. The van der Waals surface area contributed by atoms with Crippen molar-refractivity contribution >= 4 is 15.9 Å². The van der Waals surface area contributed by atoms with E-state index in [1.54, 1.807) is 6.07 Å². The molecule has 2 aliphatic heterocycles. The second kappa shape index (κ2) is 6.94. The molecule has 2 fully saturated rings. The number of carbonyl (C=O) groups is 1. The smallest absolute Gasteiger partial charge is 0.243 e. The summed E-state index contributed by atoms with van der Waals surface area (Å²) in [5, 5.41) is 3.20. The van der Waals surface area contributed by atoms with Crippen molar-refractivity contribution in [1.29, 1.82) is 0 Å². The third kappa shape index (κ3) is 3.17. The van der Waals surface area contributed by atoms with E-state index >= 15 is 0 Å². The lowest BCUT2D eigenvalue weighted by molar-refractivity contribution is -0.138. The van der Waals surface area contributed by atoms with Crippen LogP contribution in [0.2, 0.25) is 0 Å². The van der Waals surface area contributed by atoms with Gasteiger partial charge >= 0.3 is 0 Å². The maximum atomic E-state index is 13.0. The first-order chi connectivity index (χ1) is 12.5. The molecule has 1 atom stereocenters. The highest BCUT2D eigenvalue weighted by atomic mass is 32.2. The Bertz CT molecular complexity index is 796. The van der Waals surface area contributed by atoms with Crippen molar-refractivity contribution in [3.05, 3.63) is 29.3 Å². The topological polar surface area (TPSA) is 69.7 Å². The van der Waals surface area contributed by atoms with Gasteiger partial charge in [-0.3, -0.25) is 4.79 Å². The van der Waals surface area contributed by atoms with Gasteiger partial charge in [-0.2, -0.15) is 4.31 Å². The number of hydrogen-bond acceptors (Lipinski definition) is 4. The molecule has 1 N–H and O–H groups in total. The van der Waals surface area contributed by atoms with E-state index in [-0.39, 0.29) is 11.8 Å². The van der Waals surface area contributed by atoms with Crippen LogP contribution in [0, 0.1) is 11.8 Å². The lowest BCUT2D eigenvalue weighted by atomic mass is 9.88. The van der Waals surface area contributed by atoms with E-state index in [0.717, 1.165) is 32.4 Å². The number of aryl methyl sites for hydroxylation is 2. The molecule has 1 aromatic rings. The molecule has 0 spiro atoms. The first-order valence-electron chi connectivity index (χ1n) is 9.58. The van der Waals surface area contributed by atoms with Gasteiger partial charge in [-0.15, -0.1) is 0 Å². The predicted octanol–water partition coefficient (Wildman–Crippen LogP) is 0.864. The highest BCUT2D eigenvalue weighted by Crippen LogP contribution is 2.27. The molecule has 0 aromatic heterocycles. The second-order valence-corrected chi connectivity index (χ2v) is 9.66. The fraction of sp³-hybridized carbons (Fsp3) is 0.632. The number of fused-ring (bicyclic) bond motifs is 1. The van der Waals surface area contributed by atoms with Crippen LogP contribution >= 0.6 is 0 Å². The number of piperazine rings is 1. The van der Waals surface area contributed by atoms with Crippen molar-refractivity contribution in [2.24, 2.45) is 11.8 Å². The van der Waals surface area contributed by atoms with Crippen molar-refractivity contribution in [2.45, 2.75) is 31.1 Å². The van der Waals surface area contributed by atoms with Gasteiger partial charge in [0.15, 0.2) is 0 Å². The molecule has 0 bridgehead atoms. The average molecular weight is 378 g/mol. The molecular formula is C19H27N3O3S. The molecule has 0 radical (unpaired) electrons. The second-order valence-electron chi connectivity index (χ2n) is 7.72. The molecule has 2 heterocycles. The Kier molecular flexibility index (Phi) is 4.79. The van der Waals surface area contributed by atoms with Crippen LogP contribution in [-0.2, 0) is 27.7 Å². The summed E-state index contributed by atoms with van der Waals surface area (Å²) in [5.74, 6) is 0.581. The molecule has 1 aromatic carbocycles. The van der Waals surface area contributed by atoms with Crippen LogP contribution in [0.1, 0.15) is 24.5 Å². The zero-order valence-corrected chi connectivity index (χ0v) is 16.1. The quantitative estimate of drug-likeness (QED) is 0.845. The highest BCUT2D eigenvalue weighted by Gasteiger charge is 2.35. The van der Waals surface area contributed by atoms with E-state index in [0.29, 0.717) is 37.0 Å². The molecule has 1 unspecified atom stereocenters. The maximum Gasteiger partial charge on any atom is 0.243 e. The van der Waals surface area contributed by atoms with Crippen molar-refractivity contribution < 1.29 is 13.2 Å². The first kappa shape index (κ1) is 17.9. The standard InChI is InChI=1S/C19H27N3O3S/c1-14(17-12-20-13-17)19(23)21-7-9-22(10-8-21)26(24,25)18-6-5-15-3-2-4-16(15)11-18/h5-6,11,14,17,20H,2-4,7-10,12-13H2,1H3. The minimum absolute atomic E-state index is 0.0103. The number of hydrogen-bond donors (Lipinski definition) is 1. The Morgan fingerprint density at radius 1 is 1.12 bits per heavy atom. The molecule has 7 heteroatoms. The minimum Gasteiger partial charge on any atom is -0.340 e. The predicted molar refractivity (Wildman–Crippen MR) is 99.3 cm³/mol. The number of nitrogens with zero attached hydrogens (tertiary/aromatic N) is 2. The van der Waals surface area contributed by atoms with Crippen LogP contribution in [0.15, 0.2) is 23.1 Å². The van der Waals surface area contributed by atoms with Crippen molar-refractivity contribution in [3.8, 4) is 0 Å². The summed E-state index contributed by atoms with van der Waals surface area (Å²) in [6, 6.07) is 5.55. The van der Waals surface area contributed by atoms with Gasteiger partial charge in [0.1, 0.15) is 0 Å². The van der Waals surface area contributed by atoms with E-state index in [1.165, 1.54) is 15.4 Å². The Hall–Kier alpha value is -1.44. The summed E-state index contributed by atoms with van der Waals surface area (Å²) in [4.78, 5) is 14.8. The SMILES string of the molecule is CC(C(=O)N1CCN(S(=O)(=O)c2ccc3c(c2)CCC3)CC1)C1CNC1. The summed E-state index contributed by atoms with van der Waals surface area (Å²) >= 11 is 0. The molecular weight excluding hydrogens is 350 g/mol. The monoisotopic (exact) mass is 377 g/mol. The summed E-state index contributed by atoms with van der Waals surface area (Å²) in [7, 11) is -3.48. The zero-order chi connectivity index (χ0) is 18.3. The van der Waals surface area contributed by atoms with Gasteiger partial charge in [0.2, 0.25) is 15.9 Å². The van der Waals surface area contributed by atoms with Gasteiger partial charge in [-0.1, -0.05) is 13.0 Å². The van der Waals surface area contributed by atoms with Crippen molar-refractivity contribution in [1.82, 2.24) is 14.5 Å². The number of carbonyl (C=O) groups excluding carboxylic acids is 1. The van der Waals surface area contributed by atoms with Crippen LogP contribution < -0.4 is 5.32 Å². The van der Waals surface area contributed by atoms with Gasteiger partial charge in [-0.25, -0.2) is 8.42 Å². The molecule has 4 rings (SSSR count). The summed E-state index contributed by atoms with van der Waals surface area (Å²) in [6.07, 6.45) is 3.12. The van der Waals surface area contributed by atoms with Crippen molar-refractivity contribution in [3.63, 3.8) is 0 Å². The summed E-state index contributed by atoms with van der Waals surface area (Å²) in [5.41, 5.74) is 2.45. The molecule has 1 amide bonds. The molecule has 0 saturated carbocycles. The van der Waals surface area contributed by atoms with E-state index in [4.69, 9.17) is 0 Å². The zero-order valence-electron chi connectivity index (χ0n) is 15.3. The number of sulfonamides is 1. The number of nitrogens with one attached hydrogen (secondary N) is 1. The van der Waals surface area contributed by atoms with Gasteiger partial charge < -0.3 is 10.2 Å². The summed E-state index contributed by atoms with van der Waals surface area (Å²) < 4.78 is 27.5. The van der Waals surface area contributed by atoms with E-state index in [1.807, 2.05) is 24.0 Å². The van der Waals surface area contributed by atoms with Crippen LogP contribution in [0.4, 0.5) is 0 Å². The number of rotatable bonds is 4. The largest absolute Gasteiger partial charge is 0.340 e. The molecule has 3 aliphatic rings. The van der Waals surface area contributed by atoms with Gasteiger partial charge in [0.25, 0.3) is 0 Å². The Labute approximate surface area is 155 Å². The normalized spacial score (nSPS) is 22.7. The van der Waals surface area contributed by atoms with Crippen LogP contribution in [0.5, 0.6) is 0 Å². The minimum atomic E-state index is -3.48. The number of benzene rings is 1. The molecule has 142 valence electrons. The Morgan fingerprint density at radius 3 is 2.46 bits per heavy atom. The van der Waals surface area contributed by atoms with Crippen LogP contribution in [0.3, 0.4) is 0 Å². The van der Waals surface area contributed by atoms with E-state index < -0.39 is 10.0 Å². The van der Waals surface area contributed by atoms with E-state index in [9.17, 15) is 13.2 Å². The first-order valence-corrected chi connectivity index (χ1v) is 11.0. The van der Waals surface area contributed by atoms with Gasteiger partial charge in [-0.05, 0) is 61.5 Å². The lowest BCUT2D eigenvalue weighted by Gasteiger charge is -2.38. The number of amides is 1. The lowest BCUT2D eigenvalue weighted by Crippen LogP contribution is -2.55. The maximum absolute atomic E-state index is 13.0. The fourth-order valence-electron chi connectivity index (χ4n) is 4.16. The third-order valence-corrected chi connectivity index (χ3v) is 8.06. The third-order valence-electron chi connectivity index (χ3n) is 6.17. The van der Waals surface area contributed by atoms with Crippen LogP contribution in [0.25, 0.3) is 0 Å². The Morgan fingerprint density at radius 2 is 1.81 bits per heavy atom. The van der Waals surface area contributed by atoms with Gasteiger partial charge in [0.05, 0.1) is 4.90 Å². The Balaban J connectivity index is 1.41. The van der Waals surface area contributed by atoms with Crippen LogP contribution in [-0.4, -0.2) is 62.8 Å². The average Bonchev–Trinajstić information content (AvgIpc) is 3.07. The molecule has 6 nitrogen and oxygen atoms in total. The van der Waals surface area contributed by atoms with Crippen molar-refractivity contribution in [2.75, 3.05) is 39.3 Å².